The molecule has 0 radical (unpaired) electrons. The zero-order chi connectivity index (χ0) is 16.9. The minimum absolute atomic E-state index is 0.158. The molecule has 2 rings (SSSR count). The van der Waals surface area contributed by atoms with E-state index in [9.17, 15) is 9.90 Å². The van der Waals surface area contributed by atoms with E-state index in [-0.39, 0.29) is 18.0 Å². The van der Waals surface area contributed by atoms with Gasteiger partial charge in [-0.05, 0) is 23.9 Å². The van der Waals surface area contributed by atoms with Gasteiger partial charge in [-0.25, -0.2) is 4.79 Å². The molecule has 1 heterocycles. The van der Waals surface area contributed by atoms with Gasteiger partial charge in [0.1, 0.15) is 5.60 Å². The lowest BCUT2D eigenvalue weighted by Gasteiger charge is -2.27. The predicted octanol–water partition coefficient (Wildman–Crippen LogP) is 3.23. The van der Waals surface area contributed by atoms with Gasteiger partial charge in [-0.1, -0.05) is 50.2 Å². The topological polar surface area (TPSA) is 61.4 Å². The van der Waals surface area contributed by atoms with Crippen LogP contribution >= 0.6 is 11.3 Å². The van der Waals surface area contributed by atoms with Gasteiger partial charge in [-0.2, -0.15) is 0 Å². The second-order valence-electron chi connectivity index (χ2n) is 6.54. The number of aliphatic hydroxyl groups is 1. The summed E-state index contributed by atoms with van der Waals surface area (Å²) in [6, 6.07) is 13.6. The summed E-state index contributed by atoms with van der Waals surface area (Å²) in [5.74, 6) is 0. The van der Waals surface area contributed by atoms with Crippen LogP contribution in [0.15, 0.2) is 47.8 Å². The van der Waals surface area contributed by atoms with E-state index in [1.807, 2.05) is 35.7 Å². The van der Waals surface area contributed by atoms with Gasteiger partial charge in [0.25, 0.3) is 0 Å². The molecule has 0 aliphatic heterocycles. The van der Waals surface area contributed by atoms with E-state index >= 15 is 0 Å². The highest BCUT2D eigenvalue weighted by Gasteiger charge is 2.25. The quantitative estimate of drug-likeness (QED) is 0.760. The Morgan fingerprint density at radius 2 is 1.70 bits per heavy atom. The van der Waals surface area contributed by atoms with E-state index < -0.39 is 5.60 Å². The number of rotatable bonds is 6. The van der Waals surface area contributed by atoms with Crippen LogP contribution in [0.1, 0.15) is 31.2 Å². The Morgan fingerprint density at radius 1 is 1.04 bits per heavy atom. The van der Waals surface area contributed by atoms with Crippen LogP contribution in [-0.4, -0.2) is 24.2 Å². The molecule has 23 heavy (non-hydrogen) atoms. The van der Waals surface area contributed by atoms with Crippen LogP contribution < -0.4 is 10.6 Å². The fourth-order valence-electron chi connectivity index (χ4n) is 2.28. The van der Waals surface area contributed by atoms with Gasteiger partial charge in [-0.3, -0.25) is 0 Å². The zero-order valence-electron chi connectivity index (χ0n) is 13.8. The third-order valence-electron chi connectivity index (χ3n) is 3.89. The third kappa shape index (κ3) is 4.81. The van der Waals surface area contributed by atoms with Crippen LogP contribution in [0, 0.1) is 0 Å². The summed E-state index contributed by atoms with van der Waals surface area (Å²) in [4.78, 5) is 12.8. The molecule has 124 valence electrons. The summed E-state index contributed by atoms with van der Waals surface area (Å²) >= 11 is 1.47. The zero-order valence-corrected chi connectivity index (χ0v) is 14.6. The molecule has 1 atom stereocenters. The number of thiophene rings is 1. The molecule has 2 amide bonds. The average molecular weight is 332 g/mol. The van der Waals surface area contributed by atoms with Crippen LogP contribution in [0.2, 0.25) is 0 Å². The van der Waals surface area contributed by atoms with Crippen LogP contribution in [0.3, 0.4) is 0 Å². The van der Waals surface area contributed by atoms with Crippen LogP contribution in [0.5, 0.6) is 0 Å². The molecule has 3 N–H and O–H groups in total. The molecule has 1 aromatic carbocycles. The molecule has 2 aromatic rings. The largest absolute Gasteiger partial charge is 0.383 e. The van der Waals surface area contributed by atoms with E-state index in [2.05, 4.69) is 36.6 Å². The van der Waals surface area contributed by atoms with Crippen molar-refractivity contribution in [3.8, 4) is 0 Å². The molecule has 0 aliphatic rings. The normalized spacial score (nSPS) is 14.1. The second-order valence-corrected chi connectivity index (χ2v) is 7.48. The smallest absolute Gasteiger partial charge is 0.314 e. The van der Waals surface area contributed by atoms with Crippen molar-refractivity contribution >= 4 is 17.4 Å². The van der Waals surface area contributed by atoms with Crippen molar-refractivity contribution in [1.29, 1.82) is 0 Å². The first-order valence-corrected chi connectivity index (χ1v) is 8.53. The second kappa shape index (κ2) is 7.15. The molecular weight excluding hydrogens is 308 g/mol. The van der Waals surface area contributed by atoms with Gasteiger partial charge in [0.15, 0.2) is 0 Å². The summed E-state index contributed by atoms with van der Waals surface area (Å²) in [6.07, 6.45) is 0. The molecule has 0 aliphatic carbocycles. The number of nitrogens with one attached hydrogen (secondary N) is 2. The summed E-state index contributed by atoms with van der Waals surface area (Å²) in [5.41, 5.74) is -0.0409. The maximum atomic E-state index is 12.0. The number of hydrogen-bond acceptors (Lipinski definition) is 3. The van der Waals surface area contributed by atoms with E-state index in [0.717, 1.165) is 4.88 Å². The molecule has 0 fully saturated rings. The van der Waals surface area contributed by atoms with E-state index in [1.165, 1.54) is 16.9 Å². The maximum absolute atomic E-state index is 12.0. The number of benzene rings is 1. The van der Waals surface area contributed by atoms with Crippen molar-refractivity contribution in [2.75, 3.05) is 13.1 Å². The number of hydrogen-bond donors (Lipinski definition) is 3. The summed E-state index contributed by atoms with van der Waals surface area (Å²) in [6.45, 7) is 6.57. The molecule has 0 saturated carbocycles. The minimum atomic E-state index is -1.06. The number of carbonyl (C=O) groups excluding carboxylic acids is 1. The van der Waals surface area contributed by atoms with Gasteiger partial charge in [-0.15, -0.1) is 11.3 Å². The molecule has 1 aromatic heterocycles. The van der Waals surface area contributed by atoms with E-state index in [1.54, 1.807) is 6.92 Å². The monoisotopic (exact) mass is 332 g/mol. The Hall–Kier alpha value is -1.85. The lowest BCUT2D eigenvalue weighted by atomic mass is 9.85. The highest BCUT2D eigenvalue weighted by atomic mass is 32.1. The Balaban J connectivity index is 1.84. The first-order valence-electron chi connectivity index (χ1n) is 7.65. The maximum Gasteiger partial charge on any atom is 0.314 e. The molecule has 0 bridgehead atoms. The molecule has 4 nitrogen and oxygen atoms in total. The van der Waals surface area contributed by atoms with Crippen molar-refractivity contribution in [3.63, 3.8) is 0 Å². The van der Waals surface area contributed by atoms with Crippen LogP contribution in [0.4, 0.5) is 4.79 Å². The lowest BCUT2D eigenvalue weighted by Crippen LogP contribution is -2.46. The fourth-order valence-corrected chi connectivity index (χ4v) is 3.07. The molecule has 5 heteroatoms. The minimum Gasteiger partial charge on any atom is -0.383 e. The number of amides is 2. The van der Waals surface area contributed by atoms with Crippen LogP contribution in [0.25, 0.3) is 0 Å². The third-order valence-corrected chi connectivity index (χ3v) is 5.01. The number of urea groups is 1. The van der Waals surface area contributed by atoms with Gasteiger partial charge in [0.2, 0.25) is 0 Å². The average Bonchev–Trinajstić information content (AvgIpc) is 3.07. The Morgan fingerprint density at radius 3 is 2.30 bits per heavy atom. The molecule has 1 unspecified atom stereocenters. The molecule has 0 spiro atoms. The summed E-state index contributed by atoms with van der Waals surface area (Å²) in [5, 5.41) is 17.9. The fraction of sp³-hybridized carbons (Fsp3) is 0.389. The standard InChI is InChI=1S/C18H24N2O2S/c1-17(2,14-8-5-4-6-9-14)12-19-16(21)20-13-18(3,22)15-10-7-11-23-15/h4-11,22H,12-13H2,1-3H3,(H2,19,20,21). The SMILES string of the molecule is CC(C)(CNC(=O)NCC(C)(O)c1cccs1)c1ccccc1. The van der Waals surface area contributed by atoms with Crippen molar-refractivity contribution in [1.82, 2.24) is 10.6 Å². The Bertz CT molecular complexity index is 622. The number of carbonyl (C=O) groups is 1. The molecule has 0 saturated heterocycles. The van der Waals surface area contributed by atoms with Gasteiger partial charge in [0, 0.05) is 16.8 Å². The summed E-state index contributed by atoms with van der Waals surface area (Å²) < 4.78 is 0. The first kappa shape index (κ1) is 17.5. The Labute approximate surface area is 141 Å². The lowest BCUT2D eigenvalue weighted by molar-refractivity contribution is 0.0631. The van der Waals surface area contributed by atoms with Crippen molar-refractivity contribution in [2.45, 2.75) is 31.8 Å². The van der Waals surface area contributed by atoms with Gasteiger partial charge >= 0.3 is 6.03 Å². The highest BCUT2D eigenvalue weighted by Crippen LogP contribution is 2.24. The molecular formula is C18H24N2O2S. The van der Waals surface area contributed by atoms with Crippen LogP contribution in [-0.2, 0) is 11.0 Å². The predicted molar refractivity (Wildman–Crippen MR) is 94.8 cm³/mol. The summed E-state index contributed by atoms with van der Waals surface area (Å²) in [7, 11) is 0. The van der Waals surface area contributed by atoms with Gasteiger partial charge < -0.3 is 15.7 Å². The van der Waals surface area contributed by atoms with Gasteiger partial charge in [0.05, 0.1) is 6.54 Å². The van der Waals surface area contributed by atoms with Crippen molar-refractivity contribution in [3.05, 3.63) is 58.3 Å². The first-order chi connectivity index (χ1) is 10.8. The van der Waals surface area contributed by atoms with E-state index in [0.29, 0.717) is 6.54 Å². The van der Waals surface area contributed by atoms with E-state index in [4.69, 9.17) is 0 Å². The highest BCUT2D eigenvalue weighted by molar-refractivity contribution is 7.10. The van der Waals surface area contributed by atoms with Crippen molar-refractivity contribution < 1.29 is 9.90 Å². The Kier molecular flexibility index (Phi) is 5.44. The van der Waals surface area contributed by atoms with Crippen molar-refractivity contribution in [2.24, 2.45) is 0 Å².